The molecule has 2 heterocycles. The zero-order valence-corrected chi connectivity index (χ0v) is 13.4. The molecule has 5 heteroatoms. The predicted molar refractivity (Wildman–Crippen MR) is 80.3 cm³/mol. The maximum absolute atomic E-state index is 12.8. The number of nitrogens with zero attached hydrogens (tertiary/aromatic N) is 1. The second kappa shape index (κ2) is 5.54. The number of furan rings is 1. The summed E-state index contributed by atoms with van der Waals surface area (Å²) >= 11 is 0. The van der Waals surface area contributed by atoms with E-state index in [4.69, 9.17) is 4.42 Å². The highest BCUT2D eigenvalue weighted by Gasteiger charge is 2.34. The van der Waals surface area contributed by atoms with E-state index in [1.165, 1.54) is 0 Å². The van der Waals surface area contributed by atoms with Crippen LogP contribution < -0.4 is 5.32 Å². The van der Waals surface area contributed by atoms with Crippen molar-refractivity contribution in [3.05, 3.63) is 23.2 Å². The molecule has 0 aromatic carbocycles. The molecule has 1 aromatic heterocycles. The van der Waals surface area contributed by atoms with Gasteiger partial charge in [-0.15, -0.1) is 0 Å². The maximum Gasteiger partial charge on any atom is 0.258 e. The van der Waals surface area contributed by atoms with Crippen LogP contribution in [-0.2, 0) is 10.2 Å². The van der Waals surface area contributed by atoms with Gasteiger partial charge in [-0.1, -0.05) is 20.8 Å². The number of carbonyl (C=O) groups excluding carboxylic acids is 2. The van der Waals surface area contributed by atoms with Gasteiger partial charge < -0.3 is 14.6 Å². The van der Waals surface area contributed by atoms with Crippen molar-refractivity contribution < 1.29 is 14.0 Å². The standard InChI is InChI=1S/C16H24N2O3/c1-6-18(12-7-8-17-14(12)19)15(20)11-9-13(16(3,4)5)21-10(11)2/h9,12H,6-8H2,1-5H3,(H,17,19). The van der Waals surface area contributed by atoms with Gasteiger partial charge in [0.15, 0.2) is 0 Å². The second-order valence-electron chi connectivity index (χ2n) is 6.52. The molecule has 2 rings (SSSR count). The molecule has 0 spiro atoms. The molecular weight excluding hydrogens is 268 g/mol. The Balaban J connectivity index is 2.30. The third kappa shape index (κ3) is 2.96. The van der Waals surface area contributed by atoms with Crippen LogP contribution in [0.3, 0.4) is 0 Å². The van der Waals surface area contributed by atoms with Crippen molar-refractivity contribution in [2.45, 2.75) is 52.5 Å². The highest BCUT2D eigenvalue weighted by molar-refractivity contribution is 5.98. The number of rotatable bonds is 3. The molecular formula is C16H24N2O3. The summed E-state index contributed by atoms with van der Waals surface area (Å²) in [4.78, 5) is 26.2. The monoisotopic (exact) mass is 292 g/mol. The Morgan fingerprint density at radius 1 is 1.48 bits per heavy atom. The molecule has 0 saturated carbocycles. The number of hydrogen-bond acceptors (Lipinski definition) is 3. The third-order valence-electron chi connectivity index (χ3n) is 3.88. The van der Waals surface area contributed by atoms with Crippen LogP contribution >= 0.6 is 0 Å². The van der Waals surface area contributed by atoms with Crippen molar-refractivity contribution >= 4 is 11.8 Å². The first-order valence-electron chi connectivity index (χ1n) is 7.45. The van der Waals surface area contributed by atoms with E-state index in [1.807, 2.05) is 33.8 Å². The first-order valence-corrected chi connectivity index (χ1v) is 7.45. The summed E-state index contributed by atoms with van der Waals surface area (Å²) in [5, 5.41) is 2.78. The summed E-state index contributed by atoms with van der Waals surface area (Å²) in [6.45, 7) is 11.0. The number of likely N-dealkylation sites (N-methyl/N-ethyl adjacent to an activating group) is 1. The van der Waals surface area contributed by atoms with Crippen molar-refractivity contribution in [3.63, 3.8) is 0 Å². The molecule has 116 valence electrons. The van der Waals surface area contributed by atoms with E-state index in [0.717, 1.165) is 5.76 Å². The van der Waals surface area contributed by atoms with Crippen LogP contribution in [0.4, 0.5) is 0 Å². The van der Waals surface area contributed by atoms with Crippen molar-refractivity contribution in [3.8, 4) is 0 Å². The van der Waals surface area contributed by atoms with Crippen LogP contribution in [0.25, 0.3) is 0 Å². The summed E-state index contributed by atoms with van der Waals surface area (Å²) in [6.07, 6.45) is 0.668. The van der Waals surface area contributed by atoms with Crippen LogP contribution in [-0.4, -0.2) is 35.8 Å². The quantitative estimate of drug-likeness (QED) is 0.929. The average Bonchev–Trinajstić information content (AvgIpc) is 2.97. The lowest BCUT2D eigenvalue weighted by Gasteiger charge is -2.25. The van der Waals surface area contributed by atoms with E-state index in [1.54, 1.807) is 11.8 Å². The Hall–Kier alpha value is -1.78. The number of aryl methyl sites for hydroxylation is 1. The van der Waals surface area contributed by atoms with E-state index in [-0.39, 0.29) is 23.3 Å². The van der Waals surface area contributed by atoms with Crippen LogP contribution in [0.15, 0.2) is 10.5 Å². The Bertz CT molecular complexity index is 554. The van der Waals surface area contributed by atoms with Crippen LogP contribution in [0.1, 0.15) is 56.0 Å². The van der Waals surface area contributed by atoms with Gasteiger partial charge >= 0.3 is 0 Å². The third-order valence-corrected chi connectivity index (χ3v) is 3.88. The molecule has 1 aliphatic heterocycles. The molecule has 0 bridgehead atoms. The molecule has 2 amide bonds. The highest BCUT2D eigenvalue weighted by atomic mass is 16.3. The number of amides is 2. The van der Waals surface area contributed by atoms with Gasteiger partial charge in [0.05, 0.1) is 5.56 Å². The summed E-state index contributed by atoms with van der Waals surface area (Å²) in [7, 11) is 0. The second-order valence-corrected chi connectivity index (χ2v) is 6.52. The van der Waals surface area contributed by atoms with Gasteiger partial charge in [0.1, 0.15) is 17.6 Å². The first-order chi connectivity index (χ1) is 9.75. The molecule has 1 fully saturated rings. The summed E-state index contributed by atoms with van der Waals surface area (Å²) in [6, 6.07) is 1.45. The highest BCUT2D eigenvalue weighted by Crippen LogP contribution is 2.28. The number of carbonyl (C=O) groups is 2. The molecule has 5 nitrogen and oxygen atoms in total. The zero-order chi connectivity index (χ0) is 15.8. The van der Waals surface area contributed by atoms with E-state index in [9.17, 15) is 9.59 Å². The van der Waals surface area contributed by atoms with Gasteiger partial charge in [0, 0.05) is 18.5 Å². The van der Waals surface area contributed by atoms with E-state index >= 15 is 0 Å². The predicted octanol–water partition coefficient (Wildman–Crippen LogP) is 2.24. The van der Waals surface area contributed by atoms with Gasteiger partial charge in [0.25, 0.3) is 5.91 Å². The molecule has 1 aliphatic rings. The lowest BCUT2D eigenvalue weighted by Crippen LogP contribution is -2.44. The zero-order valence-electron chi connectivity index (χ0n) is 13.4. The van der Waals surface area contributed by atoms with Crippen molar-refractivity contribution in [1.29, 1.82) is 0 Å². The lowest BCUT2D eigenvalue weighted by molar-refractivity contribution is -0.123. The molecule has 1 N–H and O–H groups in total. The smallest absolute Gasteiger partial charge is 0.258 e. The first kappa shape index (κ1) is 15.6. The minimum atomic E-state index is -0.366. The number of hydrogen-bond donors (Lipinski definition) is 1. The van der Waals surface area contributed by atoms with E-state index < -0.39 is 0 Å². The Kier molecular flexibility index (Phi) is 4.12. The summed E-state index contributed by atoms with van der Waals surface area (Å²) in [5.74, 6) is 1.20. The van der Waals surface area contributed by atoms with E-state index in [2.05, 4.69) is 5.32 Å². The topological polar surface area (TPSA) is 62.6 Å². The fourth-order valence-electron chi connectivity index (χ4n) is 2.60. The van der Waals surface area contributed by atoms with Gasteiger partial charge in [-0.25, -0.2) is 0 Å². The molecule has 1 unspecified atom stereocenters. The number of nitrogens with one attached hydrogen (secondary N) is 1. The molecule has 0 aliphatic carbocycles. The Morgan fingerprint density at radius 3 is 2.57 bits per heavy atom. The molecule has 1 atom stereocenters. The van der Waals surface area contributed by atoms with Crippen LogP contribution in [0, 0.1) is 6.92 Å². The maximum atomic E-state index is 12.8. The molecule has 1 aromatic rings. The fourth-order valence-corrected chi connectivity index (χ4v) is 2.60. The van der Waals surface area contributed by atoms with Gasteiger partial charge in [-0.2, -0.15) is 0 Å². The van der Waals surface area contributed by atoms with Gasteiger partial charge in [-0.3, -0.25) is 9.59 Å². The lowest BCUT2D eigenvalue weighted by atomic mass is 9.93. The summed E-state index contributed by atoms with van der Waals surface area (Å²) < 4.78 is 5.74. The molecule has 1 saturated heterocycles. The van der Waals surface area contributed by atoms with Crippen LogP contribution in [0.5, 0.6) is 0 Å². The van der Waals surface area contributed by atoms with Gasteiger partial charge in [0.2, 0.25) is 5.91 Å². The Morgan fingerprint density at radius 2 is 2.14 bits per heavy atom. The van der Waals surface area contributed by atoms with Crippen molar-refractivity contribution in [2.24, 2.45) is 0 Å². The largest absolute Gasteiger partial charge is 0.465 e. The van der Waals surface area contributed by atoms with Gasteiger partial charge in [-0.05, 0) is 26.3 Å². The van der Waals surface area contributed by atoms with Crippen LogP contribution in [0.2, 0.25) is 0 Å². The minimum Gasteiger partial charge on any atom is -0.465 e. The minimum absolute atomic E-state index is 0.0672. The van der Waals surface area contributed by atoms with Crippen molar-refractivity contribution in [2.75, 3.05) is 13.1 Å². The summed E-state index contributed by atoms with van der Waals surface area (Å²) in [5.41, 5.74) is 0.409. The normalized spacial score (nSPS) is 18.7. The average molecular weight is 292 g/mol. The fraction of sp³-hybridized carbons (Fsp3) is 0.625. The molecule has 0 radical (unpaired) electrons. The van der Waals surface area contributed by atoms with Crippen molar-refractivity contribution in [1.82, 2.24) is 10.2 Å². The molecule has 21 heavy (non-hydrogen) atoms. The Labute approximate surface area is 125 Å². The SMILES string of the molecule is CCN(C(=O)c1cc(C(C)(C)C)oc1C)C1CCNC1=O. The van der Waals surface area contributed by atoms with E-state index in [0.29, 0.717) is 30.8 Å².